The molecule has 1 aliphatic heterocycles. The minimum absolute atomic E-state index is 0.0635. The van der Waals surface area contributed by atoms with E-state index in [1.54, 1.807) is 7.11 Å². The Labute approximate surface area is 122 Å². The number of ether oxygens (including phenoxy) is 1. The predicted molar refractivity (Wildman–Crippen MR) is 77.2 cm³/mol. The molecule has 106 valence electrons. The summed E-state index contributed by atoms with van der Waals surface area (Å²) in [5.41, 5.74) is 2.25. The highest BCUT2D eigenvalue weighted by Crippen LogP contribution is 2.54. The fraction of sp³-hybridized carbons (Fsp3) is 0.294. The van der Waals surface area contributed by atoms with Crippen LogP contribution < -0.4 is 10.1 Å². The second-order valence-corrected chi connectivity index (χ2v) is 5.76. The Kier molecular flexibility index (Phi) is 2.55. The first-order valence-electron chi connectivity index (χ1n) is 7.07. The molecule has 2 aliphatic carbocycles. The minimum atomic E-state index is -0.211. The van der Waals surface area contributed by atoms with Gasteiger partial charge in [0.15, 0.2) is 0 Å². The lowest BCUT2D eigenvalue weighted by atomic mass is 9.85. The zero-order chi connectivity index (χ0) is 14.6. The third-order valence-electron chi connectivity index (χ3n) is 4.76. The number of allylic oxidation sites excluding steroid dienone is 3. The zero-order valence-corrected chi connectivity index (χ0v) is 11.6. The van der Waals surface area contributed by atoms with E-state index in [1.807, 2.05) is 24.3 Å². The lowest BCUT2D eigenvalue weighted by Gasteiger charge is -2.13. The molecule has 1 saturated heterocycles. The van der Waals surface area contributed by atoms with Gasteiger partial charge in [-0.3, -0.25) is 14.9 Å². The van der Waals surface area contributed by atoms with E-state index in [0.29, 0.717) is 0 Å². The Bertz CT molecular complexity index is 654. The maximum atomic E-state index is 11.9. The number of benzene rings is 1. The van der Waals surface area contributed by atoms with E-state index in [9.17, 15) is 9.59 Å². The third-order valence-corrected chi connectivity index (χ3v) is 4.76. The maximum Gasteiger partial charge on any atom is 0.231 e. The number of methoxy groups -OCH3 is 1. The van der Waals surface area contributed by atoms with E-state index in [-0.39, 0.29) is 35.5 Å². The van der Waals surface area contributed by atoms with Gasteiger partial charge in [0.05, 0.1) is 18.9 Å². The predicted octanol–water partition coefficient (Wildman–Crippen LogP) is 1.78. The van der Waals surface area contributed by atoms with Crippen molar-refractivity contribution in [2.24, 2.45) is 23.7 Å². The molecular formula is C17H15NO3. The van der Waals surface area contributed by atoms with Gasteiger partial charge in [-0.05, 0) is 17.7 Å². The average Bonchev–Trinajstić information content (AvgIpc) is 3.12. The molecule has 4 nitrogen and oxygen atoms in total. The number of fused-ring (bicyclic) bond motifs is 5. The first-order chi connectivity index (χ1) is 10.2. The van der Waals surface area contributed by atoms with Gasteiger partial charge in [-0.1, -0.05) is 35.9 Å². The summed E-state index contributed by atoms with van der Waals surface area (Å²) in [7, 11) is 1.64. The first kappa shape index (κ1) is 12.4. The van der Waals surface area contributed by atoms with Crippen molar-refractivity contribution in [3.63, 3.8) is 0 Å². The van der Waals surface area contributed by atoms with Crippen molar-refractivity contribution < 1.29 is 14.3 Å². The van der Waals surface area contributed by atoms with Crippen LogP contribution in [0, 0.1) is 23.7 Å². The monoisotopic (exact) mass is 281 g/mol. The van der Waals surface area contributed by atoms with Gasteiger partial charge in [-0.15, -0.1) is 0 Å². The van der Waals surface area contributed by atoms with Crippen molar-refractivity contribution in [2.45, 2.75) is 0 Å². The van der Waals surface area contributed by atoms with Crippen molar-refractivity contribution in [3.05, 3.63) is 47.6 Å². The molecule has 1 aromatic rings. The maximum absolute atomic E-state index is 11.9. The molecule has 4 rings (SSSR count). The van der Waals surface area contributed by atoms with E-state index >= 15 is 0 Å². The Morgan fingerprint density at radius 1 is 1.00 bits per heavy atom. The molecule has 1 aromatic carbocycles. The van der Waals surface area contributed by atoms with Crippen LogP contribution in [0.3, 0.4) is 0 Å². The minimum Gasteiger partial charge on any atom is -0.497 e. The lowest BCUT2D eigenvalue weighted by Crippen LogP contribution is -2.25. The highest BCUT2D eigenvalue weighted by Gasteiger charge is 2.58. The summed E-state index contributed by atoms with van der Waals surface area (Å²) in [6, 6.07) is 7.80. The van der Waals surface area contributed by atoms with Gasteiger partial charge >= 0.3 is 0 Å². The quantitative estimate of drug-likeness (QED) is 0.664. The molecule has 2 bridgehead atoms. The normalized spacial score (nSPS) is 34.4. The molecule has 2 fully saturated rings. The Balaban J connectivity index is 1.69. The van der Waals surface area contributed by atoms with Crippen LogP contribution in [0.1, 0.15) is 5.56 Å². The van der Waals surface area contributed by atoms with E-state index < -0.39 is 0 Å². The molecular weight excluding hydrogens is 266 g/mol. The number of carbonyl (C=O) groups excluding carboxylic acids is 2. The number of hydrogen-bond donors (Lipinski definition) is 1. The van der Waals surface area contributed by atoms with Crippen LogP contribution in [-0.2, 0) is 9.59 Å². The van der Waals surface area contributed by atoms with Crippen LogP contribution in [0.15, 0.2) is 42.0 Å². The lowest BCUT2D eigenvalue weighted by molar-refractivity contribution is -0.126. The fourth-order valence-electron chi connectivity index (χ4n) is 3.81. The number of imide groups is 1. The molecule has 21 heavy (non-hydrogen) atoms. The van der Waals surface area contributed by atoms with E-state index in [4.69, 9.17) is 4.74 Å². The first-order valence-corrected chi connectivity index (χ1v) is 7.07. The number of rotatable bonds is 2. The topological polar surface area (TPSA) is 55.4 Å². The molecule has 2 amide bonds. The van der Waals surface area contributed by atoms with Gasteiger partial charge in [-0.25, -0.2) is 0 Å². The van der Waals surface area contributed by atoms with Crippen molar-refractivity contribution in [1.29, 1.82) is 0 Å². The standard InChI is InChI=1S/C17H15NO3/c1-21-10-4-2-9(3-5-10)8-13-11-6-7-12(13)15-14(11)16(19)18-17(15)20/h2-8,11-12,14-15H,1H3,(H,18,19,20)/t11-,12+,14+,15-. The Morgan fingerprint density at radius 2 is 1.57 bits per heavy atom. The van der Waals surface area contributed by atoms with Crippen molar-refractivity contribution in [1.82, 2.24) is 5.32 Å². The van der Waals surface area contributed by atoms with E-state index in [2.05, 4.69) is 23.5 Å². The zero-order valence-electron chi connectivity index (χ0n) is 11.6. The Morgan fingerprint density at radius 3 is 2.10 bits per heavy atom. The molecule has 0 radical (unpaired) electrons. The molecule has 1 saturated carbocycles. The molecule has 3 aliphatic rings. The summed E-state index contributed by atoms with van der Waals surface area (Å²) in [6.07, 6.45) is 6.24. The molecule has 4 atom stereocenters. The number of amides is 2. The number of carbonyl (C=O) groups is 2. The van der Waals surface area contributed by atoms with Crippen LogP contribution in [0.5, 0.6) is 5.75 Å². The van der Waals surface area contributed by atoms with E-state index in [0.717, 1.165) is 11.3 Å². The van der Waals surface area contributed by atoms with Crippen LogP contribution in [-0.4, -0.2) is 18.9 Å². The van der Waals surface area contributed by atoms with Gasteiger partial charge < -0.3 is 4.74 Å². The molecule has 0 unspecified atom stereocenters. The van der Waals surface area contributed by atoms with Crippen LogP contribution >= 0.6 is 0 Å². The highest BCUT2D eigenvalue weighted by atomic mass is 16.5. The smallest absolute Gasteiger partial charge is 0.231 e. The second kappa shape index (κ2) is 4.32. The van der Waals surface area contributed by atoms with Gasteiger partial charge in [0.2, 0.25) is 11.8 Å². The summed E-state index contributed by atoms with van der Waals surface area (Å²) in [4.78, 5) is 23.9. The van der Waals surface area contributed by atoms with Gasteiger partial charge in [0.25, 0.3) is 0 Å². The van der Waals surface area contributed by atoms with Crippen molar-refractivity contribution in [2.75, 3.05) is 7.11 Å². The summed E-state index contributed by atoms with van der Waals surface area (Å²) < 4.78 is 5.15. The van der Waals surface area contributed by atoms with Crippen LogP contribution in [0.4, 0.5) is 0 Å². The highest BCUT2D eigenvalue weighted by molar-refractivity contribution is 6.07. The van der Waals surface area contributed by atoms with E-state index in [1.165, 1.54) is 5.57 Å². The Hall–Kier alpha value is -2.36. The summed E-state index contributed by atoms with van der Waals surface area (Å²) >= 11 is 0. The molecule has 0 aromatic heterocycles. The summed E-state index contributed by atoms with van der Waals surface area (Å²) in [5, 5.41) is 2.46. The number of hydrogen-bond acceptors (Lipinski definition) is 3. The van der Waals surface area contributed by atoms with Crippen LogP contribution in [0.2, 0.25) is 0 Å². The molecule has 4 heteroatoms. The van der Waals surface area contributed by atoms with Gasteiger partial charge in [0, 0.05) is 11.8 Å². The largest absolute Gasteiger partial charge is 0.497 e. The second-order valence-electron chi connectivity index (χ2n) is 5.76. The van der Waals surface area contributed by atoms with Gasteiger partial charge in [-0.2, -0.15) is 0 Å². The van der Waals surface area contributed by atoms with Gasteiger partial charge in [0.1, 0.15) is 5.75 Å². The summed E-state index contributed by atoms with van der Waals surface area (Å²) in [6.45, 7) is 0. The summed E-state index contributed by atoms with van der Waals surface area (Å²) in [5.74, 6) is 0.275. The SMILES string of the molecule is COc1ccc(C=C2[C@H]3C=C[C@@H]2[C@H]2C(=O)NC(=O)[C@H]23)cc1. The number of nitrogens with one attached hydrogen (secondary N) is 1. The van der Waals surface area contributed by atoms with Crippen molar-refractivity contribution >= 4 is 17.9 Å². The molecule has 0 spiro atoms. The third kappa shape index (κ3) is 1.68. The molecule has 1 heterocycles. The van der Waals surface area contributed by atoms with Crippen LogP contribution in [0.25, 0.3) is 6.08 Å². The van der Waals surface area contributed by atoms with Crippen molar-refractivity contribution in [3.8, 4) is 5.75 Å². The molecule has 1 N–H and O–H groups in total. The fourth-order valence-corrected chi connectivity index (χ4v) is 3.81. The average molecular weight is 281 g/mol.